The van der Waals surface area contributed by atoms with Gasteiger partial charge in [-0.05, 0) is 187 Å². The Morgan fingerprint density at radius 2 is 0.375 bits per heavy atom. The van der Waals surface area contributed by atoms with Gasteiger partial charge in [0.05, 0.1) is 0 Å². The van der Waals surface area contributed by atoms with Crippen molar-refractivity contribution in [3.63, 3.8) is 0 Å². The lowest BCUT2D eigenvalue weighted by atomic mass is 9.76. The molecule has 0 fully saturated rings. The molecule has 0 saturated heterocycles. The van der Waals surface area contributed by atoms with Gasteiger partial charge in [0.25, 0.3) is 0 Å². The molecule has 0 aliphatic carbocycles. The first kappa shape index (κ1) is 42.8. The molecular formula is C56H34F8. The topological polar surface area (TPSA) is 0 Å². The van der Waals surface area contributed by atoms with Crippen LogP contribution in [0.5, 0.6) is 0 Å². The second-order valence-electron chi connectivity index (χ2n) is 14.8. The van der Waals surface area contributed by atoms with Crippen LogP contribution in [0.15, 0.2) is 194 Å². The Labute approximate surface area is 364 Å². The molecule has 0 nitrogen and oxygen atoms in total. The summed E-state index contributed by atoms with van der Waals surface area (Å²) < 4.78 is 119. The average Bonchev–Trinajstić information content (AvgIpc) is 3.30. The van der Waals surface area contributed by atoms with E-state index >= 15 is 8.78 Å². The van der Waals surface area contributed by atoms with Crippen LogP contribution < -0.4 is 0 Å². The van der Waals surface area contributed by atoms with Crippen molar-refractivity contribution in [2.45, 2.75) is 0 Å². The van der Waals surface area contributed by atoms with Gasteiger partial charge in [0.2, 0.25) is 0 Å². The lowest BCUT2D eigenvalue weighted by molar-refractivity contribution is 0.627. The molecule has 0 atom stereocenters. The van der Waals surface area contributed by atoms with Gasteiger partial charge in [-0.25, -0.2) is 35.1 Å². The maximum absolute atomic E-state index is 15.1. The summed E-state index contributed by atoms with van der Waals surface area (Å²) in [6, 6.07) is 45.1. The smallest absolute Gasteiger partial charge is 0.123 e. The predicted molar refractivity (Wildman–Crippen MR) is 241 cm³/mol. The van der Waals surface area contributed by atoms with Crippen molar-refractivity contribution < 1.29 is 35.1 Å². The molecule has 0 amide bonds. The van der Waals surface area contributed by atoms with Crippen LogP contribution in [0.1, 0.15) is 44.5 Å². The van der Waals surface area contributed by atoms with Crippen molar-refractivity contribution in [1.82, 2.24) is 0 Å². The molecule has 8 aromatic carbocycles. The Balaban J connectivity index is 1.67. The summed E-state index contributed by atoms with van der Waals surface area (Å²) in [5.41, 5.74) is 5.89. The summed E-state index contributed by atoms with van der Waals surface area (Å²) in [6.45, 7) is 0. The van der Waals surface area contributed by atoms with Crippen LogP contribution in [-0.2, 0) is 0 Å². The van der Waals surface area contributed by atoms with Crippen LogP contribution in [0.25, 0.3) is 45.6 Å². The minimum atomic E-state index is -0.568. The molecule has 314 valence electrons. The summed E-state index contributed by atoms with van der Waals surface area (Å²) >= 11 is 0. The van der Waals surface area contributed by atoms with Gasteiger partial charge in [0, 0.05) is 0 Å². The van der Waals surface area contributed by atoms with Gasteiger partial charge in [-0.15, -0.1) is 0 Å². The van der Waals surface area contributed by atoms with Gasteiger partial charge in [0.15, 0.2) is 0 Å². The normalized spacial score (nSPS) is 12.8. The highest BCUT2D eigenvalue weighted by Crippen LogP contribution is 2.50. The molecule has 0 bridgehead atoms. The molecular weight excluding hydrogens is 825 g/mol. The fourth-order valence-electron chi connectivity index (χ4n) is 7.47. The SMILES string of the molecule is Fc1ccc(/C=C(/C(=C(/C(=C(/C(=C/c2ccc(F)cc2)c2ccc(F)cc2)c2ccc(F)cc2)c2ccc(F)cc2)c2ccc(F)cc2)c2ccc(F)cc2)c2ccc(F)cc2)cc1. The van der Waals surface area contributed by atoms with Crippen LogP contribution in [0.2, 0.25) is 0 Å². The standard InChI is InChI=1S/C56H34F8/c57-43-17-1-35(2-18-43)33-51(37-5-21-45(59)22-6-37)53(39-9-25-47(61)26-10-39)55(41-13-29-49(63)30-14-41)56(42-15-31-50(64)32-16-42)54(40-11-27-48(62)28-12-40)52(38-7-23-46(60)24-8-38)34-36-3-19-44(58)20-4-36/h1-34H/b51-33+,52-34+,55-53+,56-54+. The Hall–Kier alpha value is -7.84. The lowest BCUT2D eigenvalue weighted by Crippen LogP contribution is -2.05. The third kappa shape index (κ3) is 9.93. The third-order valence-electron chi connectivity index (χ3n) is 10.5. The van der Waals surface area contributed by atoms with Crippen molar-refractivity contribution >= 4 is 45.6 Å². The maximum Gasteiger partial charge on any atom is 0.123 e. The van der Waals surface area contributed by atoms with Gasteiger partial charge < -0.3 is 0 Å². The average molecular weight is 859 g/mol. The predicted octanol–water partition coefficient (Wildman–Crippen LogP) is 15.8. The quantitative estimate of drug-likeness (QED) is 0.0691. The zero-order valence-electron chi connectivity index (χ0n) is 33.7. The van der Waals surface area contributed by atoms with Crippen LogP contribution in [0.3, 0.4) is 0 Å². The molecule has 0 aliphatic rings. The van der Waals surface area contributed by atoms with Crippen molar-refractivity contribution in [2.24, 2.45) is 0 Å². The zero-order chi connectivity index (χ0) is 44.7. The van der Waals surface area contributed by atoms with E-state index in [0.29, 0.717) is 77.9 Å². The summed E-state index contributed by atoms with van der Waals surface area (Å²) in [5.74, 6) is -4.30. The summed E-state index contributed by atoms with van der Waals surface area (Å²) in [7, 11) is 0. The van der Waals surface area contributed by atoms with Crippen molar-refractivity contribution in [3.05, 3.63) is 285 Å². The minimum absolute atomic E-state index is 0.349. The Bertz CT molecular complexity index is 2800. The molecule has 0 heterocycles. The van der Waals surface area contributed by atoms with E-state index in [2.05, 4.69) is 0 Å². The Morgan fingerprint density at radius 1 is 0.203 bits per heavy atom. The van der Waals surface area contributed by atoms with Gasteiger partial charge in [-0.3, -0.25) is 0 Å². The number of benzene rings is 8. The highest BCUT2D eigenvalue weighted by molar-refractivity contribution is 6.35. The molecule has 8 aromatic rings. The van der Waals surface area contributed by atoms with E-state index in [1.54, 1.807) is 109 Å². The van der Waals surface area contributed by atoms with E-state index in [1.165, 1.54) is 97.1 Å². The van der Waals surface area contributed by atoms with Crippen molar-refractivity contribution in [3.8, 4) is 0 Å². The fraction of sp³-hybridized carbons (Fsp3) is 0. The molecule has 0 unspecified atom stereocenters. The number of hydrogen-bond acceptors (Lipinski definition) is 0. The van der Waals surface area contributed by atoms with E-state index in [1.807, 2.05) is 0 Å². The van der Waals surface area contributed by atoms with Crippen LogP contribution in [0, 0.1) is 46.5 Å². The van der Waals surface area contributed by atoms with E-state index in [4.69, 9.17) is 0 Å². The molecule has 0 aliphatic heterocycles. The van der Waals surface area contributed by atoms with E-state index in [0.717, 1.165) is 0 Å². The summed E-state index contributed by atoms with van der Waals surface area (Å²) in [6.07, 6.45) is 3.51. The molecule has 0 saturated carbocycles. The Kier molecular flexibility index (Phi) is 12.7. The zero-order valence-corrected chi connectivity index (χ0v) is 33.7. The first-order valence-corrected chi connectivity index (χ1v) is 20.0. The van der Waals surface area contributed by atoms with Gasteiger partial charge in [-0.1, -0.05) is 97.1 Å². The highest BCUT2D eigenvalue weighted by atomic mass is 19.2. The van der Waals surface area contributed by atoms with Crippen LogP contribution in [0.4, 0.5) is 35.1 Å². The number of allylic oxidation sites excluding steroid dienone is 6. The molecule has 0 aromatic heterocycles. The molecule has 8 rings (SSSR count). The van der Waals surface area contributed by atoms with Crippen LogP contribution >= 0.6 is 0 Å². The molecule has 64 heavy (non-hydrogen) atoms. The van der Waals surface area contributed by atoms with Crippen LogP contribution in [-0.4, -0.2) is 0 Å². The van der Waals surface area contributed by atoms with Crippen molar-refractivity contribution in [2.75, 3.05) is 0 Å². The second kappa shape index (κ2) is 19.1. The van der Waals surface area contributed by atoms with E-state index in [9.17, 15) is 26.3 Å². The molecule has 0 N–H and O–H groups in total. The number of hydrogen-bond donors (Lipinski definition) is 0. The fourth-order valence-corrected chi connectivity index (χ4v) is 7.47. The van der Waals surface area contributed by atoms with Gasteiger partial charge in [0.1, 0.15) is 46.5 Å². The first-order valence-electron chi connectivity index (χ1n) is 20.0. The monoisotopic (exact) mass is 858 g/mol. The second-order valence-corrected chi connectivity index (χ2v) is 14.8. The molecule has 0 radical (unpaired) electrons. The largest absolute Gasteiger partial charge is 0.207 e. The number of rotatable bonds is 11. The van der Waals surface area contributed by atoms with Crippen molar-refractivity contribution in [1.29, 1.82) is 0 Å². The van der Waals surface area contributed by atoms with E-state index in [-0.39, 0.29) is 0 Å². The third-order valence-corrected chi connectivity index (χ3v) is 10.5. The lowest BCUT2D eigenvalue weighted by Gasteiger charge is -2.27. The van der Waals surface area contributed by atoms with E-state index < -0.39 is 46.5 Å². The summed E-state index contributed by atoms with van der Waals surface area (Å²) in [5, 5.41) is 0. The Morgan fingerprint density at radius 3 is 0.594 bits per heavy atom. The van der Waals surface area contributed by atoms with Gasteiger partial charge in [-0.2, -0.15) is 0 Å². The molecule has 0 spiro atoms. The summed E-state index contributed by atoms with van der Waals surface area (Å²) in [4.78, 5) is 0. The first-order chi connectivity index (χ1) is 31.0. The highest BCUT2D eigenvalue weighted by Gasteiger charge is 2.28. The minimum Gasteiger partial charge on any atom is -0.207 e. The molecule has 8 heteroatoms. The maximum atomic E-state index is 15.1. The van der Waals surface area contributed by atoms with Gasteiger partial charge >= 0.3 is 0 Å². The number of halogens is 8.